The van der Waals surface area contributed by atoms with Gasteiger partial charge < -0.3 is 0 Å². The fourth-order valence-corrected chi connectivity index (χ4v) is 4.06. The van der Waals surface area contributed by atoms with Crippen LogP contribution in [0.1, 0.15) is 18.4 Å². The molecule has 1 aromatic carbocycles. The highest BCUT2D eigenvalue weighted by molar-refractivity contribution is 9.09. The Bertz CT molecular complexity index is 338. The molecule has 1 nitrogen and oxygen atoms in total. The summed E-state index contributed by atoms with van der Waals surface area (Å²) < 4.78 is 0. The van der Waals surface area contributed by atoms with E-state index >= 15 is 0 Å². The lowest BCUT2D eigenvalue weighted by Crippen LogP contribution is -2.32. The summed E-state index contributed by atoms with van der Waals surface area (Å²) in [6.07, 6.45) is 2.80. The Labute approximate surface area is 99.6 Å². The van der Waals surface area contributed by atoms with Gasteiger partial charge in [0.2, 0.25) is 0 Å². The Morgan fingerprint density at radius 3 is 2.60 bits per heavy atom. The highest BCUT2D eigenvalue weighted by Crippen LogP contribution is 2.42. The van der Waals surface area contributed by atoms with Crippen molar-refractivity contribution in [2.24, 2.45) is 5.92 Å². The number of hydrogen-bond donors (Lipinski definition) is 0. The molecule has 0 spiro atoms. The van der Waals surface area contributed by atoms with E-state index in [-0.39, 0.29) is 0 Å². The average molecular weight is 266 g/mol. The molecule has 2 fully saturated rings. The first kappa shape index (κ1) is 9.86. The molecule has 0 radical (unpaired) electrons. The molecule has 1 heterocycles. The van der Waals surface area contributed by atoms with Crippen molar-refractivity contribution in [3.63, 3.8) is 0 Å². The molecule has 1 saturated heterocycles. The zero-order chi connectivity index (χ0) is 10.3. The molecule has 0 unspecified atom stereocenters. The topological polar surface area (TPSA) is 3.24 Å². The Morgan fingerprint density at radius 2 is 2.00 bits per heavy atom. The molecule has 0 amide bonds. The lowest BCUT2D eigenvalue weighted by atomic mass is 10.1. The first-order valence-corrected chi connectivity index (χ1v) is 6.68. The Kier molecular flexibility index (Phi) is 2.57. The molecule has 80 valence electrons. The van der Waals surface area contributed by atoms with Crippen LogP contribution in [0.25, 0.3) is 0 Å². The number of fused-ring (bicyclic) bond motifs is 2. The lowest BCUT2D eigenvalue weighted by Gasteiger charge is -2.26. The molecule has 3 rings (SSSR count). The monoisotopic (exact) mass is 265 g/mol. The van der Waals surface area contributed by atoms with Gasteiger partial charge in [0.15, 0.2) is 0 Å². The van der Waals surface area contributed by atoms with Crippen molar-refractivity contribution in [3.8, 4) is 0 Å². The predicted octanol–water partition coefficient (Wildman–Crippen LogP) is 3.04. The maximum Gasteiger partial charge on any atom is 0.0342 e. The van der Waals surface area contributed by atoms with E-state index in [4.69, 9.17) is 0 Å². The van der Waals surface area contributed by atoms with Crippen LogP contribution in [0, 0.1) is 5.92 Å². The molecule has 0 aromatic heterocycles. The minimum absolute atomic E-state index is 0.751. The number of piperidine rings is 1. The van der Waals surface area contributed by atoms with Crippen molar-refractivity contribution in [2.45, 2.75) is 30.3 Å². The molecule has 3 atom stereocenters. The van der Waals surface area contributed by atoms with E-state index in [1.807, 2.05) is 0 Å². The first-order chi connectivity index (χ1) is 7.34. The molecule has 2 aliphatic rings. The third-order valence-corrected chi connectivity index (χ3v) is 5.18. The van der Waals surface area contributed by atoms with Crippen molar-refractivity contribution >= 4 is 15.9 Å². The van der Waals surface area contributed by atoms with E-state index in [2.05, 4.69) is 51.2 Å². The highest BCUT2D eigenvalue weighted by Gasteiger charge is 2.44. The van der Waals surface area contributed by atoms with Crippen LogP contribution in [0.15, 0.2) is 30.3 Å². The number of nitrogens with zero attached hydrogens (tertiary/aromatic N) is 1. The third-order valence-electron chi connectivity index (χ3n) is 3.82. The van der Waals surface area contributed by atoms with Gasteiger partial charge in [-0.05, 0) is 24.3 Å². The van der Waals surface area contributed by atoms with Crippen molar-refractivity contribution < 1.29 is 0 Å². The van der Waals surface area contributed by atoms with E-state index in [1.165, 1.54) is 24.9 Å². The maximum absolute atomic E-state index is 3.84. The first-order valence-electron chi connectivity index (χ1n) is 5.76. The second-order valence-electron chi connectivity index (χ2n) is 4.76. The number of rotatable bonds is 2. The van der Waals surface area contributed by atoms with Crippen molar-refractivity contribution in [1.82, 2.24) is 4.90 Å². The summed E-state index contributed by atoms with van der Waals surface area (Å²) in [6.45, 7) is 2.42. The molecule has 2 bridgehead atoms. The van der Waals surface area contributed by atoms with Gasteiger partial charge in [-0.15, -0.1) is 0 Å². The van der Waals surface area contributed by atoms with Crippen LogP contribution in [-0.4, -0.2) is 22.3 Å². The number of halogens is 1. The van der Waals surface area contributed by atoms with Crippen LogP contribution < -0.4 is 0 Å². The highest BCUT2D eigenvalue weighted by atomic mass is 79.9. The summed E-state index contributed by atoms with van der Waals surface area (Å²) in [5.74, 6) is 0.902. The van der Waals surface area contributed by atoms with Crippen LogP contribution in [0.2, 0.25) is 0 Å². The zero-order valence-corrected chi connectivity index (χ0v) is 10.4. The number of hydrogen-bond acceptors (Lipinski definition) is 1. The van der Waals surface area contributed by atoms with Gasteiger partial charge in [-0.1, -0.05) is 46.3 Å². The van der Waals surface area contributed by atoms with Gasteiger partial charge in [0, 0.05) is 24.0 Å². The van der Waals surface area contributed by atoms with E-state index < -0.39 is 0 Å². The largest absolute Gasteiger partial charge is 0.295 e. The summed E-state index contributed by atoms with van der Waals surface area (Å²) in [6, 6.07) is 11.6. The quantitative estimate of drug-likeness (QED) is 0.744. The normalized spacial score (nSPS) is 34.9. The molecule has 2 heteroatoms. The Balaban J connectivity index is 1.71. The van der Waals surface area contributed by atoms with Crippen LogP contribution in [0.4, 0.5) is 0 Å². The van der Waals surface area contributed by atoms with Gasteiger partial charge in [-0.2, -0.15) is 0 Å². The van der Waals surface area contributed by atoms with E-state index in [1.54, 1.807) is 0 Å². The molecular weight excluding hydrogens is 250 g/mol. The van der Waals surface area contributed by atoms with Gasteiger partial charge in [0.05, 0.1) is 0 Å². The Hall–Kier alpha value is -0.340. The van der Waals surface area contributed by atoms with Crippen LogP contribution in [-0.2, 0) is 6.54 Å². The summed E-state index contributed by atoms with van der Waals surface area (Å²) in [7, 11) is 0. The minimum Gasteiger partial charge on any atom is -0.295 e. The molecule has 1 aliphatic carbocycles. The molecule has 15 heavy (non-hydrogen) atoms. The van der Waals surface area contributed by atoms with E-state index in [0.29, 0.717) is 0 Å². The van der Waals surface area contributed by atoms with Gasteiger partial charge >= 0.3 is 0 Å². The second kappa shape index (κ2) is 3.91. The molecular formula is C13H16BrN. The lowest BCUT2D eigenvalue weighted by molar-refractivity contribution is 0.206. The Morgan fingerprint density at radius 1 is 1.20 bits per heavy atom. The summed E-state index contributed by atoms with van der Waals surface area (Å²) in [5, 5.41) is 0. The SMILES string of the molecule is Br[C@H]1[C@H]2CC[C@H]1N(Cc1ccccc1)C2. The molecule has 1 saturated carbocycles. The van der Waals surface area contributed by atoms with Gasteiger partial charge in [-0.25, -0.2) is 0 Å². The zero-order valence-electron chi connectivity index (χ0n) is 8.77. The number of alkyl halides is 1. The minimum atomic E-state index is 0.751. The van der Waals surface area contributed by atoms with Gasteiger partial charge in [0.1, 0.15) is 0 Å². The smallest absolute Gasteiger partial charge is 0.0342 e. The predicted molar refractivity (Wildman–Crippen MR) is 66.1 cm³/mol. The standard InChI is InChI=1S/C13H16BrN/c14-13-11-6-7-12(13)15(9-11)8-10-4-2-1-3-5-10/h1-5,11-13H,6-9H2/t11-,12+,13-/m0/s1. The third kappa shape index (κ3) is 1.74. The summed E-state index contributed by atoms with van der Waals surface area (Å²) >= 11 is 3.84. The van der Waals surface area contributed by atoms with Gasteiger partial charge in [-0.3, -0.25) is 4.90 Å². The maximum atomic E-state index is 3.84. The number of benzene rings is 1. The van der Waals surface area contributed by atoms with Crippen molar-refractivity contribution in [2.75, 3.05) is 6.54 Å². The second-order valence-corrected chi connectivity index (χ2v) is 5.82. The van der Waals surface area contributed by atoms with Gasteiger partial charge in [0.25, 0.3) is 0 Å². The summed E-state index contributed by atoms with van der Waals surface area (Å²) in [5.41, 5.74) is 1.45. The molecule has 1 aliphatic heterocycles. The van der Waals surface area contributed by atoms with Crippen LogP contribution in [0.5, 0.6) is 0 Å². The molecule has 1 aromatic rings. The molecule has 0 N–H and O–H groups in total. The van der Waals surface area contributed by atoms with E-state index in [9.17, 15) is 0 Å². The van der Waals surface area contributed by atoms with Crippen LogP contribution in [0.3, 0.4) is 0 Å². The van der Waals surface area contributed by atoms with Crippen LogP contribution >= 0.6 is 15.9 Å². The van der Waals surface area contributed by atoms with E-state index in [0.717, 1.165) is 23.3 Å². The van der Waals surface area contributed by atoms with Crippen molar-refractivity contribution in [3.05, 3.63) is 35.9 Å². The van der Waals surface area contributed by atoms with Crippen molar-refractivity contribution in [1.29, 1.82) is 0 Å². The fourth-order valence-electron chi connectivity index (χ4n) is 3.03. The summed E-state index contributed by atoms with van der Waals surface area (Å²) in [4.78, 5) is 3.39. The number of likely N-dealkylation sites (tertiary alicyclic amines) is 1. The average Bonchev–Trinajstić information content (AvgIpc) is 2.75. The fraction of sp³-hybridized carbons (Fsp3) is 0.538.